The van der Waals surface area contributed by atoms with Crippen LogP contribution < -0.4 is 14.9 Å². The number of hydrogen-bond donors (Lipinski definition) is 1. The van der Waals surface area contributed by atoms with Crippen LogP contribution in [0.3, 0.4) is 0 Å². The lowest BCUT2D eigenvalue weighted by molar-refractivity contribution is 0.411. The molecular formula is C13H22ClNO2Si. The number of rotatable bonds is 3. The van der Waals surface area contributed by atoms with Crippen LogP contribution in [0.5, 0.6) is 11.5 Å². The molecule has 18 heavy (non-hydrogen) atoms. The van der Waals surface area contributed by atoms with Gasteiger partial charge in [0.25, 0.3) is 8.32 Å². The molecule has 0 saturated carbocycles. The summed E-state index contributed by atoms with van der Waals surface area (Å²) in [4.78, 5) is 0. The van der Waals surface area contributed by atoms with Crippen LogP contribution in [-0.2, 0) is 0 Å². The summed E-state index contributed by atoms with van der Waals surface area (Å²) in [6, 6.07) is 3.45. The van der Waals surface area contributed by atoms with E-state index in [1.807, 2.05) is 0 Å². The summed E-state index contributed by atoms with van der Waals surface area (Å²) in [6.07, 6.45) is 0. The largest absolute Gasteiger partial charge is 0.542 e. The lowest BCUT2D eigenvalue weighted by atomic mass is 10.2. The monoisotopic (exact) mass is 287 g/mol. The molecule has 0 radical (unpaired) electrons. The smallest absolute Gasteiger partial charge is 0.250 e. The van der Waals surface area contributed by atoms with Gasteiger partial charge in [-0.1, -0.05) is 32.4 Å². The first-order chi connectivity index (χ1) is 8.08. The molecule has 0 bridgehead atoms. The zero-order chi connectivity index (χ0) is 14.1. The molecule has 3 nitrogen and oxygen atoms in total. The number of benzene rings is 1. The van der Waals surface area contributed by atoms with Crippen LogP contribution in [0.1, 0.15) is 20.8 Å². The van der Waals surface area contributed by atoms with E-state index in [1.165, 1.54) is 0 Å². The predicted octanol–water partition coefficient (Wildman–Crippen LogP) is 4.31. The van der Waals surface area contributed by atoms with Crippen molar-refractivity contribution in [2.24, 2.45) is 0 Å². The van der Waals surface area contributed by atoms with E-state index in [1.54, 1.807) is 19.2 Å². The number of anilines is 1. The Balaban J connectivity index is 3.16. The number of ether oxygens (including phenoxy) is 1. The lowest BCUT2D eigenvalue weighted by Gasteiger charge is -2.36. The van der Waals surface area contributed by atoms with Gasteiger partial charge in [0.15, 0.2) is 0 Å². The van der Waals surface area contributed by atoms with Gasteiger partial charge in [0.2, 0.25) is 0 Å². The van der Waals surface area contributed by atoms with Crippen LogP contribution in [0, 0.1) is 0 Å². The van der Waals surface area contributed by atoms with Crippen molar-refractivity contribution in [3.05, 3.63) is 17.2 Å². The predicted molar refractivity (Wildman–Crippen MR) is 80.2 cm³/mol. The highest BCUT2D eigenvalue weighted by Gasteiger charge is 2.39. The van der Waals surface area contributed by atoms with Gasteiger partial charge in [-0.05, 0) is 18.1 Å². The fourth-order valence-electron chi connectivity index (χ4n) is 1.24. The first kappa shape index (κ1) is 15.2. The molecule has 102 valence electrons. The van der Waals surface area contributed by atoms with E-state index in [0.717, 1.165) is 0 Å². The molecule has 0 saturated heterocycles. The molecule has 0 amide bonds. The molecule has 1 aromatic carbocycles. The van der Waals surface area contributed by atoms with Crippen molar-refractivity contribution in [2.45, 2.75) is 38.9 Å². The van der Waals surface area contributed by atoms with Crippen molar-refractivity contribution in [2.75, 3.05) is 12.8 Å². The molecule has 0 aliphatic heterocycles. The maximum Gasteiger partial charge on any atom is 0.250 e. The van der Waals surface area contributed by atoms with Crippen LogP contribution in [-0.4, -0.2) is 15.4 Å². The average molecular weight is 288 g/mol. The number of hydrogen-bond acceptors (Lipinski definition) is 3. The SMILES string of the molecule is COc1cc(N)cc(O[Si](C)(C)C(C)(C)C)c1Cl. The number of nitrogens with two attached hydrogens (primary N) is 1. The molecule has 0 unspecified atom stereocenters. The molecule has 0 aliphatic rings. The fraction of sp³-hybridized carbons (Fsp3) is 0.538. The zero-order valence-electron chi connectivity index (χ0n) is 11.9. The highest BCUT2D eigenvalue weighted by atomic mass is 35.5. The second-order valence-electron chi connectivity index (χ2n) is 5.90. The third-order valence-corrected chi connectivity index (χ3v) is 8.13. The van der Waals surface area contributed by atoms with Gasteiger partial charge in [-0.2, -0.15) is 0 Å². The number of methoxy groups -OCH3 is 1. The molecule has 0 spiro atoms. The Morgan fingerprint density at radius 1 is 1.17 bits per heavy atom. The summed E-state index contributed by atoms with van der Waals surface area (Å²) < 4.78 is 11.4. The standard InChI is InChI=1S/C13H22ClNO2Si/c1-13(2,3)18(5,6)17-11-8-9(15)7-10(16-4)12(11)14/h7-8H,15H2,1-6H3. The average Bonchev–Trinajstić information content (AvgIpc) is 2.20. The van der Waals surface area contributed by atoms with Crippen molar-refractivity contribution in [3.63, 3.8) is 0 Å². The van der Waals surface area contributed by atoms with Crippen LogP contribution in [0.25, 0.3) is 0 Å². The maximum absolute atomic E-state index is 6.25. The van der Waals surface area contributed by atoms with Gasteiger partial charge in [-0.25, -0.2) is 0 Å². The highest BCUT2D eigenvalue weighted by Crippen LogP contribution is 2.42. The van der Waals surface area contributed by atoms with Gasteiger partial charge >= 0.3 is 0 Å². The Morgan fingerprint density at radius 3 is 2.11 bits per heavy atom. The Morgan fingerprint density at radius 2 is 1.67 bits per heavy atom. The Bertz CT molecular complexity index is 441. The minimum atomic E-state index is -1.93. The van der Waals surface area contributed by atoms with E-state index in [-0.39, 0.29) is 5.04 Å². The van der Waals surface area contributed by atoms with E-state index in [2.05, 4.69) is 33.9 Å². The van der Waals surface area contributed by atoms with Crippen molar-refractivity contribution in [1.29, 1.82) is 0 Å². The topological polar surface area (TPSA) is 44.5 Å². The Hall–Kier alpha value is -0.873. The molecule has 2 N–H and O–H groups in total. The molecule has 1 aromatic rings. The van der Waals surface area contributed by atoms with Crippen molar-refractivity contribution in [1.82, 2.24) is 0 Å². The van der Waals surface area contributed by atoms with Crippen LogP contribution in [0.15, 0.2) is 12.1 Å². The van der Waals surface area contributed by atoms with E-state index in [0.29, 0.717) is 22.2 Å². The molecule has 1 rings (SSSR count). The Labute approximate surface area is 115 Å². The van der Waals surface area contributed by atoms with Gasteiger partial charge < -0.3 is 14.9 Å². The van der Waals surface area contributed by atoms with Gasteiger partial charge in [-0.15, -0.1) is 0 Å². The maximum atomic E-state index is 6.25. The molecule has 0 atom stereocenters. The normalized spacial score (nSPS) is 12.4. The highest BCUT2D eigenvalue weighted by molar-refractivity contribution is 6.74. The van der Waals surface area contributed by atoms with Crippen LogP contribution in [0.4, 0.5) is 5.69 Å². The third kappa shape index (κ3) is 3.12. The summed E-state index contributed by atoms with van der Waals surface area (Å²) in [5.74, 6) is 1.16. The van der Waals surface area contributed by atoms with Gasteiger partial charge in [-0.3, -0.25) is 0 Å². The van der Waals surface area contributed by atoms with Gasteiger partial charge in [0.05, 0.1) is 7.11 Å². The number of halogens is 1. The minimum absolute atomic E-state index is 0.105. The third-order valence-electron chi connectivity index (χ3n) is 3.42. The summed E-state index contributed by atoms with van der Waals surface area (Å²) in [5.41, 5.74) is 6.42. The van der Waals surface area contributed by atoms with Gasteiger partial charge in [0, 0.05) is 17.8 Å². The van der Waals surface area contributed by atoms with Crippen molar-refractivity contribution < 1.29 is 9.16 Å². The zero-order valence-corrected chi connectivity index (χ0v) is 13.7. The summed E-state index contributed by atoms with van der Waals surface area (Å²) in [5, 5.41) is 0.588. The second-order valence-corrected chi connectivity index (χ2v) is 11.0. The summed E-state index contributed by atoms with van der Waals surface area (Å²) in [6.45, 7) is 10.9. The first-order valence-electron chi connectivity index (χ1n) is 5.90. The van der Waals surface area contributed by atoms with Crippen molar-refractivity contribution >= 4 is 25.6 Å². The van der Waals surface area contributed by atoms with E-state index >= 15 is 0 Å². The molecule has 0 fully saturated rings. The second kappa shape index (κ2) is 5.01. The molecule has 0 aliphatic carbocycles. The molecular weight excluding hydrogens is 266 g/mol. The summed E-state index contributed by atoms with van der Waals surface area (Å²) in [7, 11) is -0.365. The Kier molecular flexibility index (Phi) is 4.23. The van der Waals surface area contributed by atoms with Crippen LogP contribution >= 0.6 is 11.6 Å². The molecule has 5 heteroatoms. The summed E-state index contributed by atoms with van der Waals surface area (Å²) >= 11 is 6.25. The number of nitrogen functional groups attached to an aromatic ring is 1. The quantitative estimate of drug-likeness (QED) is 0.665. The fourth-order valence-corrected chi connectivity index (χ4v) is 2.55. The lowest BCUT2D eigenvalue weighted by Crippen LogP contribution is -2.43. The van der Waals surface area contributed by atoms with Crippen molar-refractivity contribution in [3.8, 4) is 11.5 Å². The molecule has 0 aromatic heterocycles. The van der Waals surface area contributed by atoms with Gasteiger partial charge in [0.1, 0.15) is 16.5 Å². The van der Waals surface area contributed by atoms with E-state index < -0.39 is 8.32 Å². The first-order valence-corrected chi connectivity index (χ1v) is 9.19. The minimum Gasteiger partial charge on any atom is -0.542 e. The van der Waals surface area contributed by atoms with E-state index in [4.69, 9.17) is 26.5 Å². The van der Waals surface area contributed by atoms with E-state index in [9.17, 15) is 0 Å². The van der Waals surface area contributed by atoms with Crippen LogP contribution in [0.2, 0.25) is 23.2 Å². The molecule has 0 heterocycles.